The van der Waals surface area contributed by atoms with Crippen molar-refractivity contribution in [3.05, 3.63) is 57.8 Å². The minimum absolute atomic E-state index is 0.0134. The number of halogens is 3. The van der Waals surface area contributed by atoms with Crippen molar-refractivity contribution in [3.63, 3.8) is 0 Å². The van der Waals surface area contributed by atoms with Crippen LogP contribution in [-0.4, -0.2) is 44.9 Å². The standard InChI is InChI=1S/C17H15Cl2FN2O4S/c18-14-8-11(17(23)21-13-3-1-2-12(20)10-13)9-15(16(14)19)27(24,25)22-4-6-26-7-5-22/h1-3,8-10H,4-7H2,(H,21,23). The van der Waals surface area contributed by atoms with Gasteiger partial charge in [0.1, 0.15) is 10.7 Å². The number of anilines is 1. The van der Waals surface area contributed by atoms with Crippen molar-refractivity contribution in [2.45, 2.75) is 4.90 Å². The van der Waals surface area contributed by atoms with Crippen LogP contribution in [0.1, 0.15) is 10.4 Å². The summed E-state index contributed by atoms with van der Waals surface area (Å²) in [6.45, 7) is 0.890. The van der Waals surface area contributed by atoms with Gasteiger partial charge in [-0.1, -0.05) is 29.3 Å². The van der Waals surface area contributed by atoms with Gasteiger partial charge in [0.15, 0.2) is 0 Å². The molecule has 0 saturated carbocycles. The van der Waals surface area contributed by atoms with Crippen molar-refractivity contribution in [1.29, 1.82) is 0 Å². The lowest BCUT2D eigenvalue weighted by atomic mass is 10.2. The predicted molar refractivity (Wildman–Crippen MR) is 100 cm³/mol. The van der Waals surface area contributed by atoms with E-state index < -0.39 is 21.7 Å². The Morgan fingerprint density at radius 2 is 1.85 bits per heavy atom. The molecule has 2 aromatic rings. The summed E-state index contributed by atoms with van der Waals surface area (Å²) in [7, 11) is -3.95. The molecule has 0 spiro atoms. The number of nitrogens with one attached hydrogen (secondary N) is 1. The smallest absolute Gasteiger partial charge is 0.255 e. The fourth-order valence-corrected chi connectivity index (χ4v) is 4.78. The Hall–Kier alpha value is -1.71. The van der Waals surface area contributed by atoms with Gasteiger partial charge in [-0.15, -0.1) is 0 Å². The number of nitrogens with zero attached hydrogens (tertiary/aromatic N) is 1. The molecule has 1 aliphatic rings. The van der Waals surface area contributed by atoms with Crippen LogP contribution >= 0.6 is 23.2 Å². The van der Waals surface area contributed by atoms with Crippen LogP contribution in [0.15, 0.2) is 41.3 Å². The predicted octanol–water partition coefficient (Wildman–Crippen LogP) is 3.41. The Kier molecular flexibility index (Phi) is 6.02. The van der Waals surface area contributed by atoms with Gasteiger partial charge in [0.25, 0.3) is 5.91 Å². The molecule has 1 amide bonds. The summed E-state index contributed by atoms with van der Waals surface area (Å²) in [5.74, 6) is -1.16. The number of ether oxygens (including phenoxy) is 1. The zero-order valence-corrected chi connectivity index (χ0v) is 16.2. The second-order valence-corrected chi connectivity index (χ2v) is 8.44. The lowest BCUT2D eigenvalue weighted by molar-refractivity contribution is 0.0730. The van der Waals surface area contributed by atoms with Gasteiger partial charge in [-0.25, -0.2) is 12.8 Å². The first-order valence-electron chi connectivity index (χ1n) is 7.93. The van der Waals surface area contributed by atoms with Crippen LogP contribution in [0.3, 0.4) is 0 Å². The molecule has 1 fully saturated rings. The summed E-state index contributed by atoms with van der Waals surface area (Å²) in [6, 6.07) is 7.74. The van der Waals surface area contributed by atoms with Gasteiger partial charge in [-0.3, -0.25) is 4.79 Å². The average molecular weight is 433 g/mol. The van der Waals surface area contributed by atoms with E-state index in [-0.39, 0.29) is 52.5 Å². The van der Waals surface area contributed by atoms with Gasteiger partial charge >= 0.3 is 0 Å². The third kappa shape index (κ3) is 4.41. The third-order valence-electron chi connectivity index (χ3n) is 3.93. The van der Waals surface area contributed by atoms with E-state index in [1.165, 1.54) is 28.6 Å². The van der Waals surface area contributed by atoms with Crippen LogP contribution in [0, 0.1) is 5.82 Å². The van der Waals surface area contributed by atoms with Gasteiger partial charge in [0.2, 0.25) is 10.0 Å². The fraction of sp³-hybridized carbons (Fsp3) is 0.235. The highest BCUT2D eigenvalue weighted by atomic mass is 35.5. The monoisotopic (exact) mass is 432 g/mol. The molecule has 0 aromatic heterocycles. The second kappa shape index (κ2) is 8.12. The Labute approximate surface area is 165 Å². The summed E-state index contributed by atoms with van der Waals surface area (Å²) >= 11 is 12.2. The zero-order chi connectivity index (χ0) is 19.6. The van der Waals surface area contributed by atoms with E-state index in [4.69, 9.17) is 27.9 Å². The highest BCUT2D eigenvalue weighted by molar-refractivity contribution is 7.89. The topological polar surface area (TPSA) is 75.7 Å². The second-order valence-electron chi connectivity index (χ2n) is 5.75. The number of hydrogen-bond donors (Lipinski definition) is 1. The lowest BCUT2D eigenvalue weighted by Crippen LogP contribution is -2.40. The lowest BCUT2D eigenvalue weighted by Gasteiger charge is -2.26. The maximum Gasteiger partial charge on any atom is 0.255 e. The molecule has 3 rings (SSSR count). The third-order valence-corrected chi connectivity index (χ3v) is 6.76. The Morgan fingerprint density at radius 1 is 1.15 bits per heavy atom. The van der Waals surface area contributed by atoms with Gasteiger partial charge in [0.05, 0.1) is 23.3 Å². The number of carbonyl (C=O) groups is 1. The maximum atomic E-state index is 13.3. The number of sulfonamides is 1. The number of hydrogen-bond acceptors (Lipinski definition) is 4. The number of morpholine rings is 1. The van der Waals surface area contributed by atoms with Crippen molar-refractivity contribution in [3.8, 4) is 0 Å². The molecule has 144 valence electrons. The Balaban J connectivity index is 1.95. The quantitative estimate of drug-likeness (QED) is 0.802. The van der Waals surface area contributed by atoms with Crippen LogP contribution in [-0.2, 0) is 14.8 Å². The van der Waals surface area contributed by atoms with E-state index in [9.17, 15) is 17.6 Å². The molecule has 1 N–H and O–H groups in total. The van der Waals surface area contributed by atoms with Crippen LogP contribution in [0.5, 0.6) is 0 Å². The normalized spacial score (nSPS) is 15.5. The van der Waals surface area contributed by atoms with E-state index in [1.807, 2.05) is 0 Å². The molecular weight excluding hydrogens is 418 g/mol. The molecule has 0 unspecified atom stereocenters. The summed E-state index contributed by atoms with van der Waals surface area (Å²) in [4.78, 5) is 12.2. The Bertz CT molecular complexity index is 979. The first kappa shape index (κ1) is 20.0. The molecule has 10 heteroatoms. The number of amides is 1. The van der Waals surface area contributed by atoms with Crippen molar-refractivity contribution >= 4 is 44.8 Å². The number of rotatable bonds is 4. The van der Waals surface area contributed by atoms with Crippen LogP contribution in [0.25, 0.3) is 0 Å². The van der Waals surface area contributed by atoms with E-state index >= 15 is 0 Å². The van der Waals surface area contributed by atoms with Crippen molar-refractivity contribution in [1.82, 2.24) is 4.31 Å². The Morgan fingerprint density at radius 3 is 2.52 bits per heavy atom. The van der Waals surface area contributed by atoms with E-state index in [2.05, 4.69) is 5.32 Å². The minimum atomic E-state index is -3.95. The SMILES string of the molecule is O=C(Nc1cccc(F)c1)c1cc(Cl)c(Cl)c(S(=O)(=O)N2CCOCC2)c1. The molecule has 6 nitrogen and oxygen atoms in total. The molecule has 1 aliphatic heterocycles. The van der Waals surface area contributed by atoms with Crippen LogP contribution in [0.2, 0.25) is 10.0 Å². The summed E-state index contributed by atoms with van der Waals surface area (Å²) < 4.78 is 45.4. The maximum absolute atomic E-state index is 13.3. The molecule has 0 aliphatic carbocycles. The van der Waals surface area contributed by atoms with Crippen molar-refractivity contribution < 1.29 is 22.3 Å². The summed E-state index contributed by atoms with van der Waals surface area (Å²) in [5, 5.41) is 2.26. The first-order chi connectivity index (χ1) is 12.8. The van der Waals surface area contributed by atoms with Crippen molar-refractivity contribution in [2.75, 3.05) is 31.6 Å². The number of carbonyl (C=O) groups excluding carboxylic acids is 1. The first-order valence-corrected chi connectivity index (χ1v) is 10.1. The van der Waals surface area contributed by atoms with Gasteiger partial charge in [-0.2, -0.15) is 4.31 Å². The van der Waals surface area contributed by atoms with Gasteiger partial charge in [0, 0.05) is 24.3 Å². The summed E-state index contributed by atoms with van der Waals surface area (Å²) in [5.41, 5.74) is 0.212. The van der Waals surface area contributed by atoms with Gasteiger partial charge < -0.3 is 10.1 Å². The largest absolute Gasteiger partial charge is 0.379 e. The molecular formula is C17H15Cl2FN2O4S. The molecule has 27 heavy (non-hydrogen) atoms. The molecule has 0 radical (unpaired) electrons. The van der Waals surface area contributed by atoms with Gasteiger partial charge in [-0.05, 0) is 30.3 Å². The minimum Gasteiger partial charge on any atom is -0.379 e. The highest BCUT2D eigenvalue weighted by Crippen LogP contribution is 2.33. The summed E-state index contributed by atoms with van der Waals surface area (Å²) in [6.07, 6.45) is 0. The van der Waals surface area contributed by atoms with Crippen molar-refractivity contribution in [2.24, 2.45) is 0 Å². The van der Waals surface area contributed by atoms with Crippen LogP contribution < -0.4 is 5.32 Å². The molecule has 0 bridgehead atoms. The van der Waals surface area contributed by atoms with E-state index in [0.29, 0.717) is 0 Å². The van der Waals surface area contributed by atoms with E-state index in [0.717, 1.165) is 12.1 Å². The zero-order valence-electron chi connectivity index (χ0n) is 13.9. The highest BCUT2D eigenvalue weighted by Gasteiger charge is 2.30. The molecule has 1 heterocycles. The number of benzene rings is 2. The molecule has 2 aromatic carbocycles. The average Bonchev–Trinajstić information content (AvgIpc) is 2.64. The van der Waals surface area contributed by atoms with Crippen LogP contribution in [0.4, 0.5) is 10.1 Å². The fourth-order valence-electron chi connectivity index (χ4n) is 2.58. The molecule has 1 saturated heterocycles. The molecule has 0 atom stereocenters. The van der Waals surface area contributed by atoms with E-state index in [1.54, 1.807) is 0 Å².